The summed E-state index contributed by atoms with van der Waals surface area (Å²) in [5, 5.41) is 0. The van der Waals surface area contributed by atoms with E-state index in [-0.39, 0.29) is 10.9 Å². The normalized spacial score (nSPS) is 16.7. The SMILES string of the molecule is COc1cc2c(cc1OC)C(NS(=O)(=O)c1ccc(C)cc1)CC2. The zero-order valence-electron chi connectivity index (χ0n) is 14.0. The van der Waals surface area contributed by atoms with Gasteiger partial charge in [0.15, 0.2) is 11.5 Å². The number of fused-ring (bicyclic) bond motifs is 1. The van der Waals surface area contributed by atoms with Crippen molar-refractivity contribution in [3.05, 3.63) is 53.1 Å². The third-order valence-electron chi connectivity index (χ3n) is 4.35. The van der Waals surface area contributed by atoms with Gasteiger partial charge < -0.3 is 9.47 Å². The van der Waals surface area contributed by atoms with Crippen LogP contribution in [0.1, 0.15) is 29.2 Å². The summed E-state index contributed by atoms with van der Waals surface area (Å²) >= 11 is 0. The second-order valence-electron chi connectivity index (χ2n) is 5.93. The average Bonchev–Trinajstić information content (AvgIpc) is 2.95. The van der Waals surface area contributed by atoms with Gasteiger partial charge in [0.1, 0.15) is 0 Å². The van der Waals surface area contributed by atoms with E-state index in [4.69, 9.17) is 9.47 Å². The molecule has 1 aliphatic carbocycles. The molecular weight excluding hydrogens is 326 g/mol. The van der Waals surface area contributed by atoms with Crippen LogP contribution in [-0.2, 0) is 16.4 Å². The van der Waals surface area contributed by atoms with Gasteiger partial charge in [-0.2, -0.15) is 0 Å². The monoisotopic (exact) mass is 347 g/mol. The lowest BCUT2D eigenvalue weighted by Gasteiger charge is -2.16. The van der Waals surface area contributed by atoms with Crippen molar-refractivity contribution in [3.63, 3.8) is 0 Å². The minimum absolute atomic E-state index is 0.258. The molecule has 0 aromatic heterocycles. The van der Waals surface area contributed by atoms with Gasteiger partial charge in [-0.3, -0.25) is 0 Å². The van der Waals surface area contributed by atoms with Crippen LogP contribution in [-0.4, -0.2) is 22.6 Å². The van der Waals surface area contributed by atoms with Crippen molar-refractivity contribution < 1.29 is 17.9 Å². The molecule has 0 radical (unpaired) electrons. The Morgan fingerprint density at radius 2 is 1.67 bits per heavy atom. The molecule has 24 heavy (non-hydrogen) atoms. The Balaban J connectivity index is 1.90. The number of hydrogen-bond acceptors (Lipinski definition) is 4. The molecule has 0 heterocycles. The van der Waals surface area contributed by atoms with Crippen molar-refractivity contribution in [2.45, 2.75) is 30.7 Å². The summed E-state index contributed by atoms with van der Waals surface area (Å²) in [6.07, 6.45) is 1.52. The van der Waals surface area contributed by atoms with Crippen molar-refractivity contribution in [1.82, 2.24) is 4.72 Å². The Morgan fingerprint density at radius 1 is 1.04 bits per heavy atom. The molecule has 0 aliphatic heterocycles. The van der Waals surface area contributed by atoms with E-state index in [0.29, 0.717) is 11.5 Å². The Kier molecular flexibility index (Phi) is 4.51. The van der Waals surface area contributed by atoms with Crippen LogP contribution in [0.15, 0.2) is 41.3 Å². The van der Waals surface area contributed by atoms with E-state index in [1.165, 1.54) is 0 Å². The molecule has 1 N–H and O–H groups in total. The van der Waals surface area contributed by atoms with Crippen LogP contribution >= 0.6 is 0 Å². The fourth-order valence-electron chi connectivity index (χ4n) is 3.03. The number of sulfonamides is 1. The van der Waals surface area contributed by atoms with Crippen molar-refractivity contribution in [3.8, 4) is 11.5 Å². The molecule has 128 valence electrons. The van der Waals surface area contributed by atoms with E-state index in [1.54, 1.807) is 38.5 Å². The van der Waals surface area contributed by atoms with Crippen molar-refractivity contribution >= 4 is 10.0 Å². The van der Waals surface area contributed by atoms with Crippen LogP contribution in [0.3, 0.4) is 0 Å². The Labute approximate surface area is 142 Å². The minimum Gasteiger partial charge on any atom is -0.493 e. The first-order valence-electron chi connectivity index (χ1n) is 7.78. The van der Waals surface area contributed by atoms with E-state index in [2.05, 4.69) is 4.72 Å². The minimum atomic E-state index is -3.56. The van der Waals surface area contributed by atoms with Gasteiger partial charge >= 0.3 is 0 Å². The lowest BCUT2D eigenvalue weighted by molar-refractivity contribution is 0.354. The summed E-state index contributed by atoms with van der Waals surface area (Å²) in [6.45, 7) is 1.93. The van der Waals surface area contributed by atoms with Crippen LogP contribution in [0.4, 0.5) is 0 Å². The highest BCUT2D eigenvalue weighted by molar-refractivity contribution is 7.89. The summed E-state index contributed by atoms with van der Waals surface area (Å²) in [7, 11) is -0.392. The number of rotatable bonds is 5. The predicted molar refractivity (Wildman–Crippen MR) is 92.1 cm³/mol. The molecular formula is C18H21NO4S. The highest BCUT2D eigenvalue weighted by Gasteiger charge is 2.29. The van der Waals surface area contributed by atoms with Gasteiger partial charge in [0.05, 0.1) is 19.1 Å². The number of hydrogen-bond donors (Lipinski definition) is 1. The summed E-state index contributed by atoms with van der Waals surface area (Å²) in [5.74, 6) is 1.27. The smallest absolute Gasteiger partial charge is 0.241 e. The molecule has 0 amide bonds. The molecule has 1 unspecified atom stereocenters. The van der Waals surface area contributed by atoms with Crippen LogP contribution < -0.4 is 14.2 Å². The predicted octanol–water partition coefficient (Wildman–Crippen LogP) is 2.98. The van der Waals surface area contributed by atoms with E-state index >= 15 is 0 Å². The van der Waals surface area contributed by atoms with Gasteiger partial charge in [-0.15, -0.1) is 0 Å². The molecule has 2 aromatic rings. The number of methoxy groups -OCH3 is 2. The first-order valence-corrected chi connectivity index (χ1v) is 9.26. The van der Waals surface area contributed by atoms with Crippen LogP contribution in [0.5, 0.6) is 11.5 Å². The highest BCUT2D eigenvalue weighted by atomic mass is 32.2. The zero-order chi connectivity index (χ0) is 17.3. The summed E-state index contributed by atoms with van der Waals surface area (Å²) in [6, 6.07) is 10.4. The van der Waals surface area contributed by atoms with E-state index in [9.17, 15) is 8.42 Å². The molecule has 0 fully saturated rings. The van der Waals surface area contributed by atoms with Gasteiger partial charge in [0, 0.05) is 6.04 Å². The Bertz CT molecular complexity index is 844. The van der Waals surface area contributed by atoms with E-state index < -0.39 is 10.0 Å². The van der Waals surface area contributed by atoms with Gasteiger partial charge in [-0.1, -0.05) is 17.7 Å². The second-order valence-corrected chi connectivity index (χ2v) is 7.65. The fraction of sp³-hybridized carbons (Fsp3) is 0.333. The molecule has 5 nitrogen and oxygen atoms in total. The molecule has 0 saturated heterocycles. The maximum absolute atomic E-state index is 12.6. The lowest BCUT2D eigenvalue weighted by atomic mass is 10.1. The third-order valence-corrected chi connectivity index (χ3v) is 5.84. The molecule has 1 aliphatic rings. The van der Waals surface area contributed by atoms with Crippen molar-refractivity contribution in [2.75, 3.05) is 14.2 Å². The summed E-state index contributed by atoms with van der Waals surface area (Å²) in [5.41, 5.74) is 3.06. The standard InChI is InChI=1S/C18H21NO4S/c1-12-4-7-14(8-5-12)24(20,21)19-16-9-6-13-10-17(22-2)18(23-3)11-15(13)16/h4-5,7-8,10-11,16,19H,6,9H2,1-3H3. The van der Waals surface area contributed by atoms with E-state index in [1.807, 2.05) is 19.1 Å². The highest BCUT2D eigenvalue weighted by Crippen LogP contribution is 2.39. The average molecular weight is 347 g/mol. The largest absolute Gasteiger partial charge is 0.493 e. The van der Waals surface area contributed by atoms with Gasteiger partial charge in [0.25, 0.3) is 0 Å². The molecule has 0 spiro atoms. The first-order chi connectivity index (χ1) is 11.4. The van der Waals surface area contributed by atoms with Gasteiger partial charge in [0.2, 0.25) is 10.0 Å². The second kappa shape index (κ2) is 6.45. The van der Waals surface area contributed by atoms with Crippen LogP contribution in [0, 0.1) is 6.92 Å². The number of nitrogens with one attached hydrogen (secondary N) is 1. The summed E-state index contributed by atoms with van der Waals surface area (Å²) < 4.78 is 38.7. The molecule has 0 saturated carbocycles. The Morgan fingerprint density at radius 3 is 2.29 bits per heavy atom. The number of benzene rings is 2. The van der Waals surface area contributed by atoms with Gasteiger partial charge in [-0.05, 0) is 55.2 Å². The number of ether oxygens (including phenoxy) is 2. The molecule has 2 aromatic carbocycles. The topological polar surface area (TPSA) is 64.6 Å². The Hall–Kier alpha value is -2.05. The quantitative estimate of drug-likeness (QED) is 0.903. The maximum Gasteiger partial charge on any atom is 0.241 e. The maximum atomic E-state index is 12.6. The third kappa shape index (κ3) is 3.12. The molecule has 6 heteroatoms. The number of aryl methyl sites for hydroxylation is 2. The van der Waals surface area contributed by atoms with Crippen LogP contribution in [0.25, 0.3) is 0 Å². The fourth-order valence-corrected chi connectivity index (χ4v) is 4.28. The molecule has 3 rings (SSSR count). The first kappa shape index (κ1) is 16.8. The van der Waals surface area contributed by atoms with Crippen molar-refractivity contribution in [2.24, 2.45) is 0 Å². The molecule has 0 bridgehead atoms. The molecule has 1 atom stereocenters. The summed E-state index contributed by atoms with van der Waals surface area (Å²) in [4.78, 5) is 0.280. The zero-order valence-corrected chi connectivity index (χ0v) is 14.8. The van der Waals surface area contributed by atoms with E-state index in [0.717, 1.165) is 29.5 Å². The van der Waals surface area contributed by atoms with Crippen LogP contribution in [0.2, 0.25) is 0 Å². The lowest BCUT2D eigenvalue weighted by Crippen LogP contribution is -2.27. The van der Waals surface area contributed by atoms with Gasteiger partial charge in [-0.25, -0.2) is 13.1 Å². The van der Waals surface area contributed by atoms with Crippen molar-refractivity contribution in [1.29, 1.82) is 0 Å².